The van der Waals surface area contributed by atoms with Crippen molar-refractivity contribution in [1.82, 2.24) is 15.6 Å². The van der Waals surface area contributed by atoms with E-state index in [1.54, 1.807) is 30.6 Å². The van der Waals surface area contributed by atoms with Gasteiger partial charge in [-0.25, -0.2) is 9.78 Å². The van der Waals surface area contributed by atoms with Gasteiger partial charge in [-0.1, -0.05) is 37.6 Å². The number of anilines is 1. The molecule has 0 spiro atoms. The first-order chi connectivity index (χ1) is 18.4. The van der Waals surface area contributed by atoms with Crippen LogP contribution in [0.3, 0.4) is 0 Å². The van der Waals surface area contributed by atoms with Crippen molar-refractivity contribution in [1.29, 1.82) is 0 Å². The van der Waals surface area contributed by atoms with E-state index in [-0.39, 0.29) is 25.7 Å². The monoisotopic (exact) mass is 563 g/mol. The summed E-state index contributed by atoms with van der Waals surface area (Å²) in [7, 11) is 3.01. The zero-order chi connectivity index (χ0) is 28.2. The van der Waals surface area contributed by atoms with E-state index >= 15 is 0 Å². The van der Waals surface area contributed by atoms with Crippen LogP contribution >= 0.6 is 21.6 Å². The first-order valence-corrected chi connectivity index (χ1v) is 14.6. The smallest absolute Gasteiger partial charge is 0.411 e. The maximum absolute atomic E-state index is 12.6. The van der Waals surface area contributed by atoms with Gasteiger partial charge in [0.25, 0.3) is 5.91 Å². The van der Waals surface area contributed by atoms with Gasteiger partial charge in [-0.2, -0.15) is 0 Å². The molecule has 0 atom stereocenters. The Hall–Kier alpha value is -3.38. The van der Waals surface area contributed by atoms with E-state index in [4.69, 9.17) is 15.2 Å². The lowest BCUT2D eigenvalue weighted by Crippen LogP contribution is -2.29. The summed E-state index contributed by atoms with van der Waals surface area (Å²) >= 11 is 0. The van der Waals surface area contributed by atoms with E-state index in [2.05, 4.69) is 20.9 Å². The lowest BCUT2D eigenvalue weighted by atomic mass is 10.1. The minimum atomic E-state index is -0.655. The largest absolute Gasteiger partial charge is 0.461 e. The van der Waals surface area contributed by atoms with Gasteiger partial charge in [-0.15, -0.1) is 0 Å². The van der Waals surface area contributed by atoms with Gasteiger partial charge in [0.05, 0.1) is 12.2 Å². The SMILES string of the molecule is CC.CCCN/C=C(\N)CNC(=O)c1ccc(NC(=O)OCCSSc2ccccn2)c(COC(C)=O)c1. The molecule has 10 nitrogen and oxygen atoms in total. The van der Waals surface area contributed by atoms with Crippen molar-refractivity contribution in [2.75, 3.05) is 30.8 Å². The highest BCUT2D eigenvalue weighted by Crippen LogP contribution is 2.28. The molecule has 1 aromatic heterocycles. The van der Waals surface area contributed by atoms with Crippen LogP contribution in [0.1, 0.15) is 50.0 Å². The molecule has 0 aliphatic heterocycles. The Bertz CT molecular complexity index is 1040. The van der Waals surface area contributed by atoms with Crippen molar-refractivity contribution in [3.05, 3.63) is 65.6 Å². The normalized spacial score (nSPS) is 10.5. The van der Waals surface area contributed by atoms with Crippen LogP contribution in [0, 0.1) is 0 Å². The van der Waals surface area contributed by atoms with Gasteiger partial charge in [0.1, 0.15) is 18.2 Å². The fraction of sp³-hybridized carbons (Fsp3) is 0.385. The van der Waals surface area contributed by atoms with Crippen LogP contribution in [0.25, 0.3) is 0 Å². The predicted octanol–water partition coefficient (Wildman–Crippen LogP) is 4.69. The summed E-state index contributed by atoms with van der Waals surface area (Å²) in [6.07, 6.45) is 3.68. The molecule has 0 saturated heterocycles. The number of hydrogen-bond acceptors (Lipinski definition) is 10. The molecule has 2 rings (SSSR count). The van der Waals surface area contributed by atoms with Crippen LogP contribution in [0.2, 0.25) is 0 Å². The zero-order valence-corrected chi connectivity index (χ0v) is 23.9. The summed E-state index contributed by atoms with van der Waals surface area (Å²) in [5.74, 6) is -0.277. The molecular formula is C26H37N5O5S2. The number of aromatic nitrogens is 1. The second kappa shape index (κ2) is 19.7. The maximum Gasteiger partial charge on any atom is 0.411 e. The standard InChI is InChI=1S/C24H31N5O5S2.C2H6/c1-3-9-26-14-20(25)15-28-23(31)18-7-8-21(19(13-18)16-34-17(2)30)29-24(32)33-11-12-35-36-22-6-4-5-10-27-22;1-2/h4-8,10,13-14,26H,3,9,11-12,15-16,25H2,1-2H3,(H,28,31)(H,29,32);1-2H3/b20-14-;. The Balaban J connectivity index is 0.00000352. The fourth-order valence-corrected chi connectivity index (χ4v) is 4.36. The number of esters is 1. The van der Waals surface area contributed by atoms with Crippen molar-refractivity contribution in [3.63, 3.8) is 0 Å². The Morgan fingerprint density at radius 1 is 1.13 bits per heavy atom. The summed E-state index contributed by atoms with van der Waals surface area (Å²) in [4.78, 5) is 40.4. The quantitative estimate of drug-likeness (QED) is 0.145. The second-order valence-electron chi connectivity index (χ2n) is 7.34. The summed E-state index contributed by atoms with van der Waals surface area (Å²) in [5, 5.41) is 9.29. The van der Waals surface area contributed by atoms with E-state index in [1.165, 1.54) is 28.5 Å². The molecular weight excluding hydrogens is 526 g/mol. The zero-order valence-electron chi connectivity index (χ0n) is 22.2. The molecule has 0 bridgehead atoms. The third-order valence-corrected chi connectivity index (χ3v) is 6.58. The number of benzene rings is 1. The molecule has 2 aromatic rings. The number of amides is 2. The van der Waals surface area contributed by atoms with Gasteiger partial charge in [0.2, 0.25) is 0 Å². The molecule has 1 aromatic carbocycles. The van der Waals surface area contributed by atoms with Gasteiger partial charge in [0, 0.05) is 48.4 Å². The summed E-state index contributed by atoms with van der Waals surface area (Å²) in [5.41, 5.74) is 7.51. The minimum absolute atomic E-state index is 0.119. The lowest BCUT2D eigenvalue weighted by Gasteiger charge is -2.13. The number of carbonyl (C=O) groups excluding carboxylic acids is 3. The first-order valence-electron chi connectivity index (χ1n) is 12.3. The number of carbonyl (C=O) groups is 3. The van der Waals surface area contributed by atoms with Gasteiger partial charge >= 0.3 is 12.1 Å². The molecule has 38 heavy (non-hydrogen) atoms. The predicted molar refractivity (Wildman–Crippen MR) is 154 cm³/mol. The molecule has 0 aliphatic rings. The summed E-state index contributed by atoms with van der Waals surface area (Å²) < 4.78 is 10.3. The number of nitrogens with two attached hydrogens (primary N) is 1. The number of nitrogens with zero attached hydrogens (tertiary/aromatic N) is 1. The van der Waals surface area contributed by atoms with Crippen LogP contribution in [0.15, 0.2) is 59.5 Å². The van der Waals surface area contributed by atoms with E-state index in [0.29, 0.717) is 28.3 Å². The van der Waals surface area contributed by atoms with E-state index in [1.807, 2.05) is 39.0 Å². The molecule has 0 unspecified atom stereocenters. The molecule has 0 radical (unpaired) electrons. The third kappa shape index (κ3) is 13.8. The Morgan fingerprint density at radius 2 is 1.92 bits per heavy atom. The molecule has 0 saturated carbocycles. The first kappa shape index (κ1) is 32.6. The highest BCUT2D eigenvalue weighted by molar-refractivity contribution is 8.76. The maximum atomic E-state index is 12.6. The van der Waals surface area contributed by atoms with Crippen LogP contribution in [-0.2, 0) is 20.9 Å². The highest BCUT2D eigenvalue weighted by Gasteiger charge is 2.14. The lowest BCUT2D eigenvalue weighted by molar-refractivity contribution is -0.142. The average Bonchev–Trinajstić information content (AvgIpc) is 2.92. The van der Waals surface area contributed by atoms with E-state index in [0.717, 1.165) is 18.0 Å². The molecule has 1 heterocycles. The van der Waals surface area contributed by atoms with Gasteiger partial charge in [-0.3, -0.25) is 14.9 Å². The van der Waals surface area contributed by atoms with E-state index < -0.39 is 12.1 Å². The Kier molecular flexibility index (Phi) is 16.9. The van der Waals surface area contributed by atoms with Crippen LogP contribution < -0.4 is 21.7 Å². The molecule has 208 valence electrons. The van der Waals surface area contributed by atoms with Crippen LogP contribution in [0.5, 0.6) is 0 Å². The van der Waals surface area contributed by atoms with Crippen molar-refractivity contribution < 1.29 is 23.9 Å². The van der Waals surface area contributed by atoms with Crippen molar-refractivity contribution >= 4 is 45.2 Å². The molecule has 12 heteroatoms. The summed E-state index contributed by atoms with van der Waals surface area (Å²) in [6.45, 7) is 8.34. The molecule has 2 amide bonds. The van der Waals surface area contributed by atoms with Gasteiger partial charge in [-0.05, 0) is 47.5 Å². The highest BCUT2D eigenvalue weighted by atomic mass is 33.1. The topological polar surface area (TPSA) is 145 Å². The fourth-order valence-electron chi connectivity index (χ4n) is 2.65. The minimum Gasteiger partial charge on any atom is -0.461 e. The number of hydrogen-bond donors (Lipinski definition) is 4. The average molecular weight is 564 g/mol. The van der Waals surface area contributed by atoms with Crippen molar-refractivity contribution in [3.8, 4) is 0 Å². The van der Waals surface area contributed by atoms with Crippen LogP contribution in [0.4, 0.5) is 10.5 Å². The van der Waals surface area contributed by atoms with Crippen molar-refractivity contribution in [2.24, 2.45) is 5.73 Å². The second-order valence-corrected chi connectivity index (χ2v) is 9.78. The van der Waals surface area contributed by atoms with Crippen molar-refractivity contribution in [2.45, 2.75) is 45.7 Å². The number of pyridine rings is 1. The number of ether oxygens (including phenoxy) is 2. The number of rotatable bonds is 14. The van der Waals surface area contributed by atoms with Crippen LogP contribution in [-0.4, -0.2) is 48.4 Å². The third-order valence-electron chi connectivity index (χ3n) is 4.35. The Morgan fingerprint density at radius 3 is 2.61 bits per heavy atom. The Labute approximate surface area is 232 Å². The summed E-state index contributed by atoms with van der Waals surface area (Å²) in [6, 6.07) is 10.3. The van der Waals surface area contributed by atoms with Gasteiger partial charge < -0.3 is 25.8 Å². The molecule has 0 fully saturated rings. The molecule has 5 N–H and O–H groups in total. The number of nitrogens with one attached hydrogen (secondary N) is 3. The van der Waals surface area contributed by atoms with Gasteiger partial charge in [0.15, 0.2) is 0 Å². The molecule has 0 aliphatic carbocycles. The van der Waals surface area contributed by atoms with E-state index in [9.17, 15) is 14.4 Å².